The number of halogens is 2. The largest absolute Gasteiger partial charge is 0.496 e. The quantitative estimate of drug-likeness (QED) is 0.630. The molecule has 0 saturated heterocycles. The Morgan fingerprint density at radius 1 is 1.10 bits per heavy atom. The van der Waals surface area contributed by atoms with Crippen LogP contribution in [0.15, 0.2) is 65.9 Å². The van der Waals surface area contributed by atoms with Crippen molar-refractivity contribution in [1.82, 2.24) is 9.58 Å². The van der Waals surface area contributed by atoms with Crippen molar-refractivity contribution in [2.24, 2.45) is 12.1 Å². The third-order valence-electron chi connectivity index (χ3n) is 4.57. The molecule has 0 bridgehead atoms. The fourth-order valence-electron chi connectivity index (χ4n) is 3.08. The third kappa shape index (κ3) is 3.63. The fraction of sp³-hybridized carbons (Fsp3) is 0.143. The number of hydrogen-bond donors (Lipinski definition) is 0. The second kappa shape index (κ2) is 7.71. The van der Waals surface area contributed by atoms with Crippen LogP contribution in [-0.2, 0) is 7.05 Å². The van der Waals surface area contributed by atoms with Crippen molar-refractivity contribution in [1.29, 1.82) is 0 Å². The highest BCUT2D eigenvalue weighted by atomic mass is 32.2. The number of benzene rings is 2. The zero-order chi connectivity index (χ0) is 20.5. The molecular weight excluding hydrogens is 396 g/mol. The van der Waals surface area contributed by atoms with Gasteiger partial charge < -0.3 is 9.30 Å². The summed E-state index contributed by atoms with van der Waals surface area (Å²) in [4.78, 5) is 13.2. The summed E-state index contributed by atoms with van der Waals surface area (Å²) in [6.45, 7) is 0. The number of carbonyl (C=O) groups excluding carboxylic acids is 1. The molecule has 148 valence electrons. The molecule has 0 radical (unpaired) electrons. The van der Waals surface area contributed by atoms with E-state index in [1.54, 1.807) is 48.1 Å². The minimum Gasteiger partial charge on any atom is -0.496 e. The molecule has 0 saturated carbocycles. The molecular formula is C21H17F2N3O2S. The lowest BCUT2D eigenvalue weighted by Crippen LogP contribution is -2.27. The highest BCUT2D eigenvalue weighted by Crippen LogP contribution is 2.45. The Kier molecular flexibility index (Phi) is 5.10. The summed E-state index contributed by atoms with van der Waals surface area (Å²) in [7, 11) is 3.22. The number of ether oxygens (including phenoxy) is 1. The number of aryl methyl sites for hydroxylation is 1. The van der Waals surface area contributed by atoms with Gasteiger partial charge in [-0.25, -0.2) is 13.8 Å². The van der Waals surface area contributed by atoms with Crippen LogP contribution in [0.4, 0.5) is 8.78 Å². The van der Waals surface area contributed by atoms with Gasteiger partial charge in [0.15, 0.2) is 0 Å². The summed E-state index contributed by atoms with van der Waals surface area (Å²) in [6.07, 6.45) is 1.77. The lowest BCUT2D eigenvalue weighted by atomic mass is 10.2. The van der Waals surface area contributed by atoms with Crippen molar-refractivity contribution >= 4 is 22.7 Å². The molecule has 3 aromatic rings. The van der Waals surface area contributed by atoms with E-state index >= 15 is 0 Å². The van der Waals surface area contributed by atoms with E-state index in [-0.39, 0.29) is 11.7 Å². The van der Waals surface area contributed by atoms with E-state index in [0.717, 1.165) is 0 Å². The van der Waals surface area contributed by atoms with Crippen LogP contribution in [0.2, 0.25) is 0 Å². The SMILES string of the molecule is COc1cc(F)ccc1C1SC(c2ccc(F)cc2)=NN1C(=O)c1cccn1C. The average Bonchev–Trinajstić information content (AvgIpc) is 3.34. The van der Waals surface area contributed by atoms with Gasteiger partial charge in [0.25, 0.3) is 5.91 Å². The molecule has 1 unspecified atom stereocenters. The number of hydrogen-bond acceptors (Lipinski definition) is 4. The Hall–Kier alpha value is -3.13. The summed E-state index contributed by atoms with van der Waals surface area (Å²) in [5.74, 6) is -0.777. The van der Waals surface area contributed by atoms with Gasteiger partial charge in [-0.3, -0.25) is 4.79 Å². The van der Waals surface area contributed by atoms with Crippen molar-refractivity contribution in [3.63, 3.8) is 0 Å². The first kappa shape index (κ1) is 19.2. The summed E-state index contributed by atoms with van der Waals surface area (Å²) in [5, 5.41) is 5.87. The molecule has 2 heterocycles. The van der Waals surface area contributed by atoms with Gasteiger partial charge in [0.1, 0.15) is 33.5 Å². The lowest BCUT2D eigenvalue weighted by Gasteiger charge is -2.23. The van der Waals surface area contributed by atoms with E-state index in [9.17, 15) is 13.6 Å². The highest BCUT2D eigenvalue weighted by molar-refractivity contribution is 8.14. The molecule has 2 aromatic carbocycles. The van der Waals surface area contributed by atoms with Crippen LogP contribution in [0.25, 0.3) is 0 Å². The topological polar surface area (TPSA) is 46.8 Å². The van der Waals surface area contributed by atoms with Crippen molar-refractivity contribution in [3.05, 3.63) is 89.2 Å². The smallest absolute Gasteiger partial charge is 0.291 e. The zero-order valence-electron chi connectivity index (χ0n) is 15.7. The van der Waals surface area contributed by atoms with E-state index in [2.05, 4.69) is 5.10 Å². The minimum absolute atomic E-state index is 0.307. The summed E-state index contributed by atoms with van der Waals surface area (Å²) < 4.78 is 34.1. The predicted octanol–water partition coefficient (Wildman–Crippen LogP) is 4.56. The molecule has 5 nitrogen and oxygen atoms in total. The summed E-state index contributed by atoms with van der Waals surface area (Å²) in [5.41, 5.74) is 1.76. The van der Waals surface area contributed by atoms with Gasteiger partial charge in [0.05, 0.1) is 7.11 Å². The number of hydrazone groups is 1. The van der Waals surface area contributed by atoms with Crippen molar-refractivity contribution < 1.29 is 18.3 Å². The van der Waals surface area contributed by atoms with Crippen LogP contribution < -0.4 is 4.74 Å². The van der Waals surface area contributed by atoms with Crippen LogP contribution >= 0.6 is 11.8 Å². The number of amides is 1. The average molecular weight is 413 g/mol. The minimum atomic E-state index is -0.562. The molecule has 0 fully saturated rings. The first-order chi connectivity index (χ1) is 14.0. The number of carbonyl (C=O) groups is 1. The van der Waals surface area contributed by atoms with E-state index < -0.39 is 11.2 Å². The molecule has 4 rings (SSSR count). The Bertz CT molecular complexity index is 1100. The van der Waals surface area contributed by atoms with Crippen molar-refractivity contribution in [2.75, 3.05) is 7.11 Å². The normalized spacial score (nSPS) is 16.1. The molecule has 1 atom stereocenters. The second-order valence-electron chi connectivity index (χ2n) is 6.42. The van der Waals surface area contributed by atoms with Crippen LogP contribution in [0.5, 0.6) is 5.75 Å². The van der Waals surface area contributed by atoms with Gasteiger partial charge in [0.2, 0.25) is 0 Å². The van der Waals surface area contributed by atoms with Gasteiger partial charge in [-0.05, 0) is 48.5 Å². The lowest BCUT2D eigenvalue weighted by molar-refractivity contribution is 0.0738. The van der Waals surface area contributed by atoms with Gasteiger partial charge in [-0.1, -0.05) is 11.8 Å². The Morgan fingerprint density at radius 3 is 2.48 bits per heavy atom. The van der Waals surface area contributed by atoms with E-state index in [0.29, 0.717) is 27.6 Å². The molecule has 0 N–H and O–H groups in total. The molecule has 0 aliphatic carbocycles. The molecule has 0 spiro atoms. The van der Waals surface area contributed by atoms with Crippen LogP contribution in [0.3, 0.4) is 0 Å². The Balaban J connectivity index is 1.78. The van der Waals surface area contributed by atoms with E-state index in [4.69, 9.17) is 4.74 Å². The van der Waals surface area contributed by atoms with Crippen LogP contribution in [0.1, 0.15) is 27.0 Å². The molecule has 1 aromatic heterocycles. The van der Waals surface area contributed by atoms with Gasteiger partial charge in [-0.15, -0.1) is 0 Å². The van der Waals surface area contributed by atoms with Gasteiger partial charge in [0, 0.05) is 30.4 Å². The number of thioether (sulfide) groups is 1. The van der Waals surface area contributed by atoms with E-state index in [1.165, 1.54) is 48.1 Å². The van der Waals surface area contributed by atoms with Crippen molar-refractivity contribution in [2.45, 2.75) is 5.37 Å². The molecule has 1 aliphatic heterocycles. The first-order valence-electron chi connectivity index (χ1n) is 8.77. The summed E-state index contributed by atoms with van der Waals surface area (Å²) in [6, 6.07) is 13.6. The standard InChI is InChI=1S/C21H17F2N3O2S/c1-25-11-3-4-17(25)20(27)26-21(16-10-9-15(23)12-18(16)28-2)29-19(24-26)13-5-7-14(22)8-6-13/h3-12,21H,1-2H3. The molecule has 1 aliphatic rings. The number of aromatic nitrogens is 1. The van der Waals surface area contributed by atoms with Gasteiger partial charge in [-0.2, -0.15) is 5.10 Å². The van der Waals surface area contributed by atoms with E-state index in [1.807, 2.05) is 0 Å². The maximum atomic E-state index is 13.7. The highest BCUT2D eigenvalue weighted by Gasteiger charge is 2.37. The monoisotopic (exact) mass is 413 g/mol. The Labute approximate surface area is 170 Å². The van der Waals surface area contributed by atoms with Crippen LogP contribution in [0, 0.1) is 11.6 Å². The maximum absolute atomic E-state index is 13.7. The fourth-order valence-corrected chi connectivity index (χ4v) is 4.27. The Morgan fingerprint density at radius 2 is 1.83 bits per heavy atom. The number of nitrogens with zero attached hydrogens (tertiary/aromatic N) is 3. The third-order valence-corrected chi connectivity index (χ3v) is 5.79. The van der Waals surface area contributed by atoms with Gasteiger partial charge >= 0.3 is 0 Å². The zero-order valence-corrected chi connectivity index (χ0v) is 16.5. The first-order valence-corrected chi connectivity index (χ1v) is 9.65. The molecule has 1 amide bonds. The molecule has 8 heteroatoms. The predicted molar refractivity (Wildman–Crippen MR) is 108 cm³/mol. The number of rotatable bonds is 4. The van der Waals surface area contributed by atoms with Crippen LogP contribution in [-0.4, -0.2) is 27.6 Å². The number of methoxy groups -OCH3 is 1. The summed E-state index contributed by atoms with van der Waals surface area (Å²) >= 11 is 1.32. The second-order valence-corrected chi connectivity index (χ2v) is 7.49. The maximum Gasteiger partial charge on any atom is 0.291 e. The van der Waals surface area contributed by atoms with Crippen molar-refractivity contribution in [3.8, 4) is 5.75 Å². The molecule has 29 heavy (non-hydrogen) atoms.